The van der Waals surface area contributed by atoms with Gasteiger partial charge in [0.1, 0.15) is 6.10 Å². The molecule has 0 spiro atoms. The van der Waals surface area contributed by atoms with Crippen LogP contribution in [0.1, 0.15) is 22.2 Å². The van der Waals surface area contributed by atoms with Gasteiger partial charge in [-0.3, -0.25) is 9.78 Å². The third kappa shape index (κ3) is 3.33. The first-order valence-electron chi connectivity index (χ1n) is 7.57. The lowest BCUT2D eigenvalue weighted by molar-refractivity contribution is -0.0248. The summed E-state index contributed by atoms with van der Waals surface area (Å²) in [5.74, 6) is -0.424. The number of aromatic nitrogens is 3. The Morgan fingerprint density at radius 1 is 1.38 bits per heavy atom. The molecule has 0 N–H and O–H groups in total. The van der Waals surface area contributed by atoms with Crippen molar-refractivity contribution in [2.24, 2.45) is 0 Å². The van der Waals surface area contributed by atoms with Gasteiger partial charge in [0.05, 0.1) is 30.6 Å². The Morgan fingerprint density at radius 3 is 2.96 bits per heavy atom. The van der Waals surface area contributed by atoms with Gasteiger partial charge in [-0.25, -0.2) is 14.4 Å². The maximum atomic E-state index is 13.8. The van der Waals surface area contributed by atoms with Crippen molar-refractivity contribution in [1.29, 1.82) is 0 Å². The number of halogens is 1. The largest absolute Gasteiger partial charge is 0.368 e. The van der Waals surface area contributed by atoms with Crippen LogP contribution in [-0.4, -0.2) is 59.6 Å². The Kier molecular flexibility index (Phi) is 4.66. The van der Waals surface area contributed by atoms with Crippen LogP contribution in [0.2, 0.25) is 0 Å². The molecule has 3 heterocycles. The number of morpholine rings is 1. The van der Waals surface area contributed by atoms with Gasteiger partial charge in [-0.2, -0.15) is 0 Å². The summed E-state index contributed by atoms with van der Waals surface area (Å²) >= 11 is 0. The maximum Gasteiger partial charge on any atom is 0.257 e. The Hall–Kier alpha value is -2.61. The number of anilines is 1. The highest BCUT2D eigenvalue weighted by Gasteiger charge is 2.28. The lowest BCUT2D eigenvalue weighted by Gasteiger charge is -2.33. The Labute approximate surface area is 139 Å². The van der Waals surface area contributed by atoms with Gasteiger partial charge in [0, 0.05) is 33.0 Å². The second kappa shape index (κ2) is 6.88. The summed E-state index contributed by atoms with van der Waals surface area (Å²) in [5, 5.41) is 0. The van der Waals surface area contributed by atoms with Gasteiger partial charge >= 0.3 is 0 Å². The Morgan fingerprint density at radius 2 is 2.21 bits per heavy atom. The predicted molar refractivity (Wildman–Crippen MR) is 85.2 cm³/mol. The first kappa shape index (κ1) is 16.3. The third-order valence-corrected chi connectivity index (χ3v) is 3.75. The zero-order chi connectivity index (χ0) is 17.1. The van der Waals surface area contributed by atoms with Gasteiger partial charge in [-0.05, 0) is 12.1 Å². The lowest BCUT2D eigenvalue weighted by Crippen LogP contribution is -2.42. The van der Waals surface area contributed by atoms with Gasteiger partial charge in [-0.1, -0.05) is 0 Å². The molecule has 1 saturated heterocycles. The first-order chi connectivity index (χ1) is 11.6. The Bertz CT molecular complexity index is 740. The van der Waals surface area contributed by atoms with Gasteiger partial charge in [-0.15, -0.1) is 0 Å². The number of carbonyl (C=O) groups excluding carboxylic acids is 1. The fourth-order valence-corrected chi connectivity index (χ4v) is 2.49. The highest BCUT2D eigenvalue weighted by molar-refractivity contribution is 5.94. The molecule has 0 aliphatic carbocycles. The zero-order valence-electron chi connectivity index (χ0n) is 13.5. The van der Waals surface area contributed by atoms with E-state index < -0.39 is 5.82 Å². The van der Waals surface area contributed by atoms with Crippen molar-refractivity contribution in [3.05, 3.63) is 47.8 Å². The molecule has 1 fully saturated rings. The van der Waals surface area contributed by atoms with Crippen LogP contribution in [0.4, 0.5) is 10.3 Å². The highest BCUT2D eigenvalue weighted by Crippen LogP contribution is 2.23. The summed E-state index contributed by atoms with van der Waals surface area (Å²) in [6.45, 7) is 1.08. The molecule has 0 bridgehead atoms. The summed E-state index contributed by atoms with van der Waals surface area (Å²) in [6, 6.07) is 3.15. The van der Waals surface area contributed by atoms with E-state index in [-0.39, 0.29) is 17.6 Å². The predicted octanol–water partition coefficient (Wildman–Crippen LogP) is 1.29. The molecule has 0 aromatic carbocycles. The summed E-state index contributed by atoms with van der Waals surface area (Å²) in [4.78, 5) is 28.2. The number of pyridine rings is 1. The molecule has 0 unspecified atom stereocenters. The van der Waals surface area contributed by atoms with E-state index in [1.165, 1.54) is 12.3 Å². The minimum absolute atomic E-state index is 0.0160. The fraction of sp³-hybridized carbons (Fsp3) is 0.375. The van der Waals surface area contributed by atoms with E-state index in [2.05, 4.69) is 15.0 Å². The van der Waals surface area contributed by atoms with E-state index in [9.17, 15) is 9.18 Å². The van der Waals surface area contributed by atoms with Crippen molar-refractivity contribution in [3.63, 3.8) is 0 Å². The van der Waals surface area contributed by atoms with Crippen LogP contribution in [0, 0.1) is 5.82 Å². The molecule has 7 nitrogen and oxygen atoms in total. The number of hydrogen-bond acceptors (Lipinski definition) is 6. The molecule has 1 aliphatic rings. The number of rotatable bonds is 3. The van der Waals surface area contributed by atoms with E-state index in [0.717, 1.165) is 6.20 Å². The number of hydrogen-bond donors (Lipinski definition) is 0. The summed E-state index contributed by atoms with van der Waals surface area (Å²) in [6.07, 6.45) is 3.74. The van der Waals surface area contributed by atoms with E-state index in [4.69, 9.17) is 4.74 Å². The molecule has 1 aliphatic heterocycles. The van der Waals surface area contributed by atoms with Crippen LogP contribution in [0.15, 0.2) is 30.7 Å². The lowest BCUT2D eigenvalue weighted by atomic mass is 10.1. The molecule has 3 rings (SSSR count). The second-order valence-corrected chi connectivity index (χ2v) is 5.64. The van der Waals surface area contributed by atoms with Gasteiger partial charge in [0.15, 0.2) is 5.82 Å². The van der Waals surface area contributed by atoms with Crippen molar-refractivity contribution >= 4 is 11.9 Å². The van der Waals surface area contributed by atoms with E-state index in [0.29, 0.717) is 31.3 Å². The zero-order valence-corrected chi connectivity index (χ0v) is 13.5. The van der Waals surface area contributed by atoms with Crippen LogP contribution in [0.3, 0.4) is 0 Å². The molecular weight excluding hydrogens is 313 g/mol. The monoisotopic (exact) mass is 331 g/mol. The molecule has 0 saturated carbocycles. The van der Waals surface area contributed by atoms with Crippen LogP contribution in [0.5, 0.6) is 0 Å². The summed E-state index contributed by atoms with van der Waals surface area (Å²) in [7, 11) is 3.70. The second-order valence-electron chi connectivity index (χ2n) is 5.64. The number of nitrogens with zero attached hydrogens (tertiary/aromatic N) is 5. The Balaban J connectivity index is 1.78. The standard InChI is InChI=1S/C16H18FN5O2/c1-21(2)16-19-6-4-13(20-16)14-10-22(7-8-24-14)15(23)11-3-5-18-9-12(11)17/h3-6,9,14H,7-8,10H2,1-2H3/t14-/m1/s1. The number of amides is 1. The molecule has 126 valence electrons. The highest BCUT2D eigenvalue weighted by atomic mass is 19.1. The van der Waals surface area contributed by atoms with Gasteiger partial charge in [0.2, 0.25) is 5.95 Å². The molecule has 1 amide bonds. The minimum atomic E-state index is -0.623. The topological polar surface area (TPSA) is 71.5 Å². The van der Waals surface area contributed by atoms with E-state index in [1.807, 2.05) is 14.1 Å². The van der Waals surface area contributed by atoms with Crippen LogP contribution in [0.25, 0.3) is 0 Å². The average Bonchev–Trinajstić information content (AvgIpc) is 2.62. The van der Waals surface area contributed by atoms with E-state index >= 15 is 0 Å². The number of ether oxygens (including phenoxy) is 1. The maximum absolute atomic E-state index is 13.8. The van der Waals surface area contributed by atoms with Crippen molar-refractivity contribution in [2.45, 2.75) is 6.10 Å². The number of carbonyl (C=O) groups is 1. The fourth-order valence-electron chi connectivity index (χ4n) is 2.49. The molecular formula is C16H18FN5O2. The molecule has 24 heavy (non-hydrogen) atoms. The van der Waals surface area contributed by atoms with Crippen LogP contribution >= 0.6 is 0 Å². The average molecular weight is 331 g/mol. The molecule has 2 aromatic heterocycles. The van der Waals surface area contributed by atoms with E-state index in [1.54, 1.807) is 22.1 Å². The summed E-state index contributed by atoms with van der Waals surface area (Å²) in [5.41, 5.74) is 0.712. The molecule has 1 atom stereocenters. The molecule has 2 aromatic rings. The first-order valence-corrected chi connectivity index (χ1v) is 7.57. The minimum Gasteiger partial charge on any atom is -0.368 e. The van der Waals surface area contributed by atoms with Crippen LogP contribution in [-0.2, 0) is 4.74 Å². The SMILES string of the molecule is CN(C)c1nccc([C@H]2CN(C(=O)c3ccncc3F)CCO2)n1. The van der Waals surface area contributed by atoms with Crippen molar-refractivity contribution in [3.8, 4) is 0 Å². The molecule has 0 radical (unpaired) electrons. The van der Waals surface area contributed by atoms with Gasteiger partial charge < -0.3 is 14.5 Å². The normalized spacial score (nSPS) is 17.6. The smallest absolute Gasteiger partial charge is 0.257 e. The van der Waals surface area contributed by atoms with Crippen molar-refractivity contribution < 1.29 is 13.9 Å². The van der Waals surface area contributed by atoms with Crippen molar-refractivity contribution in [1.82, 2.24) is 19.9 Å². The summed E-state index contributed by atoms with van der Waals surface area (Å²) < 4.78 is 19.5. The quantitative estimate of drug-likeness (QED) is 0.844. The third-order valence-electron chi connectivity index (χ3n) is 3.75. The van der Waals surface area contributed by atoms with Crippen molar-refractivity contribution in [2.75, 3.05) is 38.7 Å². The van der Waals surface area contributed by atoms with Gasteiger partial charge in [0.25, 0.3) is 5.91 Å². The van der Waals surface area contributed by atoms with Crippen LogP contribution < -0.4 is 4.90 Å². The molecule has 8 heteroatoms.